The molecule has 5 heteroatoms. The van der Waals surface area contributed by atoms with E-state index in [1.165, 1.54) is 0 Å². The van der Waals surface area contributed by atoms with Crippen LogP contribution in [0.5, 0.6) is 0 Å². The van der Waals surface area contributed by atoms with Crippen molar-refractivity contribution in [2.45, 2.75) is 31.7 Å². The summed E-state index contributed by atoms with van der Waals surface area (Å²) in [6.07, 6.45) is 3.18. The van der Waals surface area contributed by atoms with Crippen molar-refractivity contribution >= 4 is 28.5 Å². The topological polar surface area (TPSA) is 54.9 Å². The van der Waals surface area contributed by atoms with E-state index in [2.05, 4.69) is 15.3 Å². The molecule has 0 aliphatic rings. The Hall–Kier alpha value is -1.68. The highest BCUT2D eigenvalue weighted by Gasteiger charge is 2.27. The van der Waals surface area contributed by atoms with Gasteiger partial charge in [-0.2, -0.15) is 0 Å². The van der Waals surface area contributed by atoms with Crippen molar-refractivity contribution in [2.24, 2.45) is 0 Å². The predicted octanol–water partition coefficient (Wildman–Crippen LogP) is 2.77. The minimum absolute atomic E-state index is 0.183. The Labute approximate surface area is 117 Å². The lowest BCUT2D eigenvalue weighted by Crippen LogP contribution is -2.49. The van der Waals surface area contributed by atoms with Gasteiger partial charge in [-0.15, -0.1) is 11.6 Å². The van der Waals surface area contributed by atoms with E-state index in [0.29, 0.717) is 16.6 Å². The molecule has 100 valence electrons. The minimum Gasteiger partial charge on any atom is -0.346 e. The van der Waals surface area contributed by atoms with Crippen LogP contribution in [0.4, 0.5) is 0 Å². The van der Waals surface area contributed by atoms with E-state index < -0.39 is 5.54 Å². The number of carbonyl (C=O) groups excluding carboxylic acids is 1. The van der Waals surface area contributed by atoms with E-state index in [4.69, 9.17) is 11.6 Å². The third-order valence-electron chi connectivity index (χ3n) is 3.17. The molecule has 4 nitrogen and oxygen atoms in total. The first-order chi connectivity index (χ1) is 8.92. The number of hydrogen-bond donors (Lipinski definition) is 1. The number of nitrogens with zero attached hydrogens (tertiary/aromatic N) is 2. The largest absolute Gasteiger partial charge is 0.346 e. The van der Waals surface area contributed by atoms with Gasteiger partial charge in [0.25, 0.3) is 5.91 Å². The van der Waals surface area contributed by atoms with Crippen molar-refractivity contribution in [3.8, 4) is 0 Å². The monoisotopic (exact) mass is 277 g/mol. The first-order valence-electron chi connectivity index (χ1n) is 6.08. The fraction of sp³-hybridized carbons (Fsp3) is 0.357. The zero-order valence-electron chi connectivity index (χ0n) is 11.1. The summed E-state index contributed by atoms with van der Waals surface area (Å²) in [7, 11) is 0. The number of nitrogens with one attached hydrogen (secondary N) is 1. The fourth-order valence-electron chi connectivity index (χ4n) is 1.64. The third-order valence-corrected chi connectivity index (χ3v) is 3.72. The molecule has 2 rings (SSSR count). The van der Waals surface area contributed by atoms with Gasteiger partial charge in [-0.3, -0.25) is 14.8 Å². The summed E-state index contributed by atoms with van der Waals surface area (Å²) < 4.78 is 0. The standard InChI is InChI=1S/C14H16ClN3O/c1-9(15)14(2,3)18-13(19)10-5-4-6-11-12(10)17-8-7-16-11/h4-9H,1-3H3,(H,18,19). The van der Waals surface area contributed by atoms with Gasteiger partial charge >= 0.3 is 0 Å². The molecule has 0 bridgehead atoms. The lowest BCUT2D eigenvalue weighted by atomic mass is 10.0. The summed E-state index contributed by atoms with van der Waals surface area (Å²) >= 11 is 6.08. The normalized spacial score (nSPS) is 13.3. The van der Waals surface area contributed by atoms with Crippen LogP contribution >= 0.6 is 11.6 Å². The summed E-state index contributed by atoms with van der Waals surface area (Å²) in [5.41, 5.74) is 1.31. The molecule has 0 spiro atoms. The molecule has 0 aliphatic carbocycles. The maximum absolute atomic E-state index is 12.3. The Kier molecular flexibility index (Phi) is 3.71. The number of rotatable bonds is 3. The van der Waals surface area contributed by atoms with E-state index in [1.807, 2.05) is 26.8 Å². The number of alkyl halides is 1. The highest BCUT2D eigenvalue weighted by molar-refractivity contribution is 6.21. The zero-order chi connectivity index (χ0) is 14.0. The summed E-state index contributed by atoms with van der Waals surface area (Å²) in [5.74, 6) is -0.191. The van der Waals surface area contributed by atoms with Gasteiger partial charge in [-0.1, -0.05) is 6.07 Å². The second kappa shape index (κ2) is 5.13. The van der Waals surface area contributed by atoms with E-state index in [1.54, 1.807) is 24.5 Å². The lowest BCUT2D eigenvalue weighted by molar-refractivity contribution is 0.0914. The second-order valence-electron chi connectivity index (χ2n) is 5.02. The average molecular weight is 278 g/mol. The summed E-state index contributed by atoms with van der Waals surface area (Å²) in [6.45, 7) is 5.63. The van der Waals surface area contributed by atoms with Crippen LogP contribution in [0.2, 0.25) is 0 Å². The van der Waals surface area contributed by atoms with Crippen molar-refractivity contribution in [1.29, 1.82) is 0 Å². The number of para-hydroxylation sites is 1. The van der Waals surface area contributed by atoms with Gasteiger partial charge in [0.1, 0.15) is 5.52 Å². The molecule has 19 heavy (non-hydrogen) atoms. The molecule has 2 aromatic rings. The molecule has 1 atom stereocenters. The van der Waals surface area contributed by atoms with E-state index in [-0.39, 0.29) is 11.3 Å². The predicted molar refractivity (Wildman–Crippen MR) is 76.4 cm³/mol. The van der Waals surface area contributed by atoms with Gasteiger partial charge in [-0.25, -0.2) is 0 Å². The van der Waals surface area contributed by atoms with Gasteiger partial charge in [0, 0.05) is 12.4 Å². The Balaban J connectivity index is 2.37. The van der Waals surface area contributed by atoms with Crippen LogP contribution < -0.4 is 5.32 Å². The molecule has 1 N–H and O–H groups in total. The number of amides is 1. The molecule has 1 aromatic carbocycles. The first-order valence-corrected chi connectivity index (χ1v) is 6.52. The molecule has 1 heterocycles. The summed E-state index contributed by atoms with van der Waals surface area (Å²) in [6, 6.07) is 5.36. The molecule has 0 saturated carbocycles. The van der Waals surface area contributed by atoms with E-state index >= 15 is 0 Å². The van der Waals surface area contributed by atoms with Gasteiger partial charge in [0.15, 0.2) is 0 Å². The SMILES string of the molecule is CC(Cl)C(C)(C)NC(=O)c1cccc2nccnc12. The first kappa shape index (κ1) is 13.7. The Morgan fingerprint density at radius 1 is 1.32 bits per heavy atom. The number of hydrogen-bond acceptors (Lipinski definition) is 3. The van der Waals surface area contributed by atoms with Gasteiger partial charge in [-0.05, 0) is 32.9 Å². The molecular formula is C14H16ClN3O. The van der Waals surface area contributed by atoms with Gasteiger partial charge in [0.05, 0.1) is 22.0 Å². The van der Waals surface area contributed by atoms with Crippen molar-refractivity contribution < 1.29 is 4.79 Å². The van der Waals surface area contributed by atoms with Gasteiger partial charge in [0.2, 0.25) is 0 Å². The second-order valence-corrected chi connectivity index (χ2v) is 5.68. The number of fused-ring (bicyclic) bond motifs is 1. The smallest absolute Gasteiger partial charge is 0.254 e. The van der Waals surface area contributed by atoms with Crippen LogP contribution in [0.3, 0.4) is 0 Å². The van der Waals surface area contributed by atoms with Crippen molar-refractivity contribution in [2.75, 3.05) is 0 Å². The average Bonchev–Trinajstić information content (AvgIpc) is 2.37. The fourth-order valence-corrected chi connectivity index (χ4v) is 1.69. The Morgan fingerprint density at radius 3 is 2.68 bits per heavy atom. The molecule has 1 unspecified atom stereocenters. The highest BCUT2D eigenvalue weighted by Crippen LogP contribution is 2.18. The van der Waals surface area contributed by atoms with Crippen LogP contribution in [0.15, 0.2) is 30.6 Å². The minimum atomic E-state index is -0.497. The van der Waals surface area contributed by atoms with Crippen LogP contribution in [0.25, 0.3) is 11.0 Å². The molecule has 0 saturated heterocycles. The Bertz CT molecular complexity index is 605. The molecular weight excluding hydrogens is 262 g/mol. The molecule has 1 aromatic heterocycles. The maximum Gasteiger partial charge on any atom is 0.254 e. The highest BCUT2D eigenvalue weighted by atomic mass is 35.5. The number of benzene rings is 1. The van der Waals surface area contributed by atoms with Crippen LogP contribution in [0, 0.1) is 0 Å². The number of aromatic nitrogens is 2. The summed E-state index contributed by atoms with van der Waals surface area (Å²) in [5, 5.41) is 2.74. The van der Waals surface area contributed by atoms with E-state index in [9.17, 15) is 4.79 Å². The third kappa shape index (κ3) is 2.84. The van der Waals surface area contributed by atoms with Crippen LogP contribution in [-0.4, -0.2) is 26.8 Å². The van der Waals surface area contributed by atoms with Crippen molar-refractivity contribution in [3.63, 3.8) is 0 Å². The Morgan fingerprint density at radius 2 is 2.00 bits per heavy atom. The zero-order valence-corrected chi connectivity index (χ0v) is 11.9. The van der Waals surface area contributed by atoms with Crippen molar-refractivity contribution in [3.05, 3.63) is 36.2 Å². The van der Waals surface area contributed by atoms with Crippen molar-refractivity contribution in [1.82, 2.24) is 15.3 Å². The van der Waals surface area contributed by atoms with Crippen LogP contribution in [-0.2, 0) is 0 Å². The molecule has 0 fully saturated rings. The maximum atomic E-state index is 12.3. The quantitative estimate of drug-likeness (QED) is 0.878. The van der Waals surface area contributed by atoms with Crippen LogP contribution in [0.1, 0.15) is 31.1 Å². The molecule has 1 amide bonds. The van der Waals surface area contributed by atoms with E-state index in [0.717, 1.165) is 0 Å². The molecule has 0 radical (unpaired) electrons. The lowest BCUT2D eigenvalue weighted by Gasteiger charge is -2.29. The van der Waals surface area contributed by atoms with Gasteiger partial charge < -0.3 is 5.32 Å². The molecule has 0 aliphatic heterocycles. The number of halogens is 1. The summed E-state index contributed by atoms with van der Waals surface area (Å²) in [4.78, 5) is 20.7. The number of carbonyl (C=O) groups is 1.